The van der Waals surface area contributed by atoms with Crippen LogP contribution in [0.3, 0.4) is 0 Å². The molecule has 0 unspecified atom stereocenters. The standard InChI is InChI=1S/C16H28N2O3/c1-18(13-8-4-2-5-9-13)15(21)17-16(12-14(19)20)10-6-3-7-11-16/h13H,2-12H2,1H3,(H,17,21)(H,19,20). The normalized spacial score (nSPS) is 22.5. The minimum atomic E-state index is -0.822. The fourth-order valence-corrected chi connectivity index (χ4v) is 3.81. The van der Waals surface area contributed by atoms with E-state index in [0.29, 0.717) is 6.04 Å². The number of nitrogens with zero attached hydrogens (tertiary/aromatic N) is 1. The summed E-state index contributed by atoms with van der Waals surface area (Å²) >= 11 is 0. The van der Waals surface area contributed by atoms with E-state index in [2.05, 4.69) is 5.32 Å². The lowest BCUT2D eigenvalue weighted by Gasteiger charge is -2.40. The number of hydrogen-bond donors (Lipinski definition) is 2. The van der Waals surface area contributed by atoms with E-state index < -0.39 is 11.5 Å². The number of aliphatic carboxylic acids is 1. The monoisotopic (exact) mass is 296 g/mol. The molecule has 0 aliphatic heterocycles. The molecule has 21 heavy (non-hydrogen) atoms. The summed E-state index contributed by atoms with van der Waals surface area (Å²) in [6.07, 6.45) is 10.5. The highest BCUT2D eigenvalue weighted by molar-refractivity contribution is 5.77. The van der Waals surface area contributed by atoms with E-state index in [1.54, 1.807) is 4.90 Å². The first-order chi connectivity index (χ1) is 10.0. The van der Waals surface area contributed by atoms with Crippen LogP contribution in [0.25, 0.3) is 0 Å². The Bertz CT molecular complexity index is 372. The van der Waals surface area contributed by atoms with Gasteiger partial charge in [0.25, 0.3) is 0 Å². The van der Waals surface area contributed by atoms with Gasteiger partial charge in [-0.2, -0.15) is 0 Å². The summed E-state index contributed by atoms with van der Waals surface area (Å²) in [7, 11) is 1.85. The Morgan fingerprint density at radius 2 is 1.67 bits per heavy atom. The van der Waals surface area contributed by atoms with Crippen LogP contribution in [-0.2, 0) is 4.79 Å². The molecule has 0 heterocycles. The third kappa shape index (κ3) is 4.35. The van der Waals surface area contributed by atoms with E-state index in [4.69, 9.17) is 5.11 Å². The molecule has 0 radical (unpaired) electrons. The third-order valence-corrected chi connectivity index (χ3v) is 5.12. The van der Waals surface area contributed by atoms with Gasteiger partial charge in [0.1, 0.15) is 0 Å². The van der Waals surface area contributed by atoms with Crippen molar-refractivity contribution in [1.29, 1.82) is 0 Å². The molecule has 0 aromatic heterocycles. The molecule has 2 aliphatic rings. The van der Waals surface area contributed by atoms with Crippen molar-refractivity contribution in [3.05, 3.63) is 0 Å². The molecule has 5 nitrogen and oxygen atoms in total. The first kappa shape index (κ1) is 16.1. The molecule has 2 aliphatic carbocycles. The SMILES string of the molecule is CN(C(=O)NC1(CC(=O)O)CCCCC1)C1CCCCC1. The highest BCUT2D eigenvalue weighted by Crippen LogP contribution is 2.31. The number of carbonyl (C=O) groups excluding carboxylic acids is 1. The summed E-state index contributed by atoms with van der Waals surface area (Å²) in [6, 6.07) is 0.217. The molecule has 5 heteroatoms. The van der Waals surface area contributed by atoms with Crippen LogP contribution < -0.4 is 5.32 Å². The van der Waals surface area contributed by atoms with Gasteiger partial charge in [-0.15, -0.1) is 0 Å². The van der Waals surface area contributed by atoms with Gasteiger partial charge in [0.05, 0.1) is 12.0 Å². The van der Waals surface area contributed by atoms with Gasteiger partial charge in [-0.1, -0.05) is 38.5 Å². The molecule has 0 bridgehead atoms. The molecule has 0 saturated heterocycles. The minimum Gasteiger partial charge on any atom is -0.481 e. The zero-order valence-electron chi connectivity index (χ0n) is 13.1. The van der Waals surface area contributed by atoms with Crippen molar-refractivity contribution in [1.82, 2.24) is 10.2 Å². The van der Waals surface area contributed by atoms with Crippen molar-refractivity contribution < 1.29 is 14.7 Å². The smallest absolute Gasteiger partial charge is 0.317 e. The second-order valence-electron chi connectivity index (χ2n) is 6.74. The lowest BCUT2D eigenvalue weighted by atomic mass is 9.79. The first-order valence-corrected chi connectivity index (χ1v) is 8.29. The number of carboxylic acids is 1. The Morgan fingerprint density at radius 3 is 2.24 bits per heavy atom. The lowest BCUT2D eigenvalue weighted by molar-refractivity contribution is -0.139. The van der Waals surface area contributed by atoms with Gasteiger partial charge in [0.15, 0.2) is 0 Å². The van der Waals surface area contributed by atoms with Gasteiger partial charge in [-0.05, 0) is 25.7 Å². The average Bonchev–Trinajstić information content (AvgIpc) is 2.47. The molecule has 2 N–H and O–H groups in total. The maximum absolute atomic E-state index is 12.5. The zero-order chi connectivity index (χ0) is 15.3. The van der Waals surface area contributed by atoms with Crippen LogP contribution in [0.15, 0.2) is 0 Å². The molecule has 2 fully saturated rings. The molecule has 2 rings (SSSR count). The van der Waals surface area contributed by atoms with Crippen molar-refractivity contribution in [3.8, 4) is 0 Å². The number of amides is 2. The van der Waals surface area contributed by atoms with E-state index >= 15 is 0 Å². The van der Waals surface area contributed by atoms with Crippen LogP contribution in [0, 0.1) is 0 Å². The van der Waals surface area contributed by atoms with Crippen LogP contribution in [0.4, 0.5) is 4.79 Å². The van der Waals surface area contributed by atoms with Gasteiger partial charge in [0, 0.05) is 13.1 Å². The van der Waals surface area contributed by atoms with Crippen molar-refractivity contribution in [2.45, 2.75) is 82.2 Å². The van der Waals surface area contributed by atoms with Crippen LogP contribution in [0.1, 0.15) is 70.6 Å². The second-order valence-corrected chi connectivity index (χ2v) is 6.74. The Hall–Kier alpha value is -1.26. The second kappa shape index (κ2) is 7.14. The van der Waals surface area contributed by atoms with Crippen LogP contribution in [0.2, 0.25) is 0 Å². The maximum Gasteiger partial charge on any atom is 0.317 e. The summed E-state index contributed by atoms with van der Waals surface area (Å²) in [6.45, 7) is 0. The highest BCUT2D eigenvalue weighted by Gasteiger charge is 2.37. The number of nitrogens with one attached hydrogen (secondary N) is 1. The first-order valence-electron chi connectivity index (χ1n) is 8.29. The van der Waals surface area contributed by atoms with Gasteiger partial charge >= 0.3 is 12.0 Å². The molecule has 0 spiro atoms. The summed E-state index contributed by atoms with van der Waals surface area (Å²) in [5, 5.41) is 12.2. The van der Waals surface area contributed by atoms with Crippen molar-refractivity contribution in [2.75, 3.05) is 7.05 Å². The number of rotatable bonds is 4. The average molecular weight is 296 g/mol. The predicted molar refractivity (Wildman–Crippen MR) is 81.2 cm³/mol. The molecule has 2 saturated carbocycles. The minimum absolute atomic E-state index is 0.0389. The zero-order valence-corrected chi connectivity index (χ0v) is 13.1. The maximum atomic E-state index is 12.5. The largest absolute Gasteiger partial charge is 0.481 e. The highest BCUT2D eigenvalue weighted by atomic mass is 16.4. The van der Waals surface area contributed by atoms with Crippen LogP contribution in [0.5, 0.6) is 0 Å². The molecule has 0 aromatic carbocycles. The van der Waals surface area contributed by atoms with Crippen molar-refractivity contribution >= 4 is 12.0 Å². The van der Waals surface area contributed by atoms with E-state index in [1.165, 1.54) is 19.3 Å². The summed E-state index contributed by atoms with van der Waals surface area (Å²) < 4.78 is 0. The molecule has 2 amide bonds. The van der Waals surface area contributed by atoms with E-state index in [-0.39, 0.29) is 12.5 Å². The number of carboxylic acid groups (broad SMARTS) is 1. The number of hydrogen-bond acceptors (Lipinski definition) is 2. The quantitative estimate of drug-likeness (QED) is 0.837. The van der Waals surface area contributed by atoms with Gasteiger partial charge in [-0.3, -0.25) is 4.79 Å². The summed E-state index contributed by atoms with van der Waals surface area (Å²) in [5.74, 6) is -0.822. The Morgan fingerprint density at radius 1 is 1.10 bits per heavy atom. The topological polar surface area (TPSA) is 69.6 Å². The van der Waals surface area contributed by atoms with Crippen LogP contribution >= 0.6 is 0 Å². The van der Waals surface area contributed by atoms with Crippen molar-refractivity contribution in [2.24, 2.45) is 0 Å². The van der Waals surface area contributed by atoms with Crippen LogP contribution in [-0.4, -0.2) is 40.6 Å². The Balaban J connectivity index is 1.97. The summed E-state index contributed by atoms with van der Waals surface area (Å²) in [5.41, 5.74) is -0.538. The fraction of sp³-hybridized carbons (Fsp3) is 0.875. The number of urea groups is 1. The lowest BCUT2D eigenvalue weighted by Crippen LogP contribution is -2.56. The molecular formula is C16H28N2O3. The Kier molecular flexibility index (Phi) is 5.48. The van der Waals surface area contributed by atoms with Gasteiger partial charge in [-0.25, -0.2) is 4.79 Å². The van der Waals surface area contributed by atoms with E-state index in [0.717, 1.165) is 44.9 Å². The van der Waals surface area contributed by atoms with Crippen molar-refractivity contribution in [3.63, 3.8) is 0 Å². The molecule has 120 valence electrons. The van der Waals surface area contributed by atoms with E-state index in [9.17, 15) is 9.59 Å². The molecular weight excluding hydrogens is 268 g/mol. The van der Waals surface area contributed by atoms with Gasteiger partial charge < -0.3 is 15.3 Å². The summed E-state index contributed by atoms with van der Waals surface area (Å²) in [4.78, 5) is 25.5. The molecule has 0 atom stereocenters. The number of carbonyl (C=O) groups is 2. The third-order valence-electron chi connectivity index (χ3n) is 5.12. The van der Waals surface area contributed by atoms with E-state index in [1.807, 2.05) is 7.05 Å². The predicted octanol–water partition coefficient (Wildman–Crippen LogP) is 3.14. The Labute approximate surface area is 127 Å². The molecule has 0 aromatic rings. The van der Waals surface area contributed by atoms with Gasteiger partial charge in [0.2, 0.25) is 0 Å². The fourth-order valence-electron chi connectivity index (χ4n) is 3.81.